The first-order chi connectivity index (χ1) is 9.33. The number of ether oxygens (including phenoxy) is 1. The number of rotatable bonds is 0. The van der Waals surface area contributed by atoms with Crippen LogP contribution in [0.5, 0.6) is 5.75 Å². The Morgan fingerprint density at radius 2 is 1.20 bits per heavy atom. The zero-order chi connectivity index (χ0) is 16.1. The molecular formula is C19H34O. The molecule has 1 heteroatoms. The van der Waals surface area contributed by atoms with E-state index in [2.05, 4.69) is 41.5 Å². The van der Waals surface area contributed by atoms with Crippen LogP contribution in [0.4, 0.5) is 0 Å². The van der Waals surface area contributed by atoms with E-state index in [4.69, 9.17) is 4.74 Å². The fourth-order valence-corrected chi connectivity index (χ4v) is 2.55. The summed E-state index contributed by atoms with van der Waals surface area (Å²) in [7, 11) is 0. The average Bonchev–Trinajstić information content (AvgIpc) is 2.46. The second kappa shape index (κ2) is 7.71. The molecule has 1 aromatic rings. The predicted octanol–water partition coefficient (Wildman–Crippen LogP) is 6.08. The quantitative estimate of drug-likeness (QED) is 0.559. The Hall–Kier alpha value is -0.980. The van der Waals surface area contributed by atoms with Crippen molar-refractivity contribution in [3.8, 4) is 5.75 Å². The summed E-state index contributed by atoms with van der Waals surface area (Å²) in [5.41, 5.74) is 6.99. The van der Waals surface area contributed by atoms with Gasteiger partial charge in [0.2, 0.25) is 0 Å². The summed E-state index contributed by atoms with van der Waals surface area (Å²) in [4.78, 5) is 0. The SMILES string of the molecule is CC.CC.Cc1c(C)c(C)c2c(c1C)CCC(C)(C)O2. The Morgan fingerprint density at radius 1 is 0.750 bits per heavy atom. The van der Waals surface area contributed by atoms with Crippen LogP contribution in [-0.4, -0.2) is 5.60 Å². The van der Waals surface area contributed by atoms with Gasteiger partial charge in [-0.1, -0.05) is 27.7 Å². The zero-order valence-electron chi connectivity index (χ0n) is 15.3. The molecule has 0 N–H and O–H groups in total. The molecule has 1 nitrogen and oxygen atoms in total. The first-order valence-corrected chi connectivity index (χ1v) is 8.12. The Bertz CT molecular complexity index is 442. The van der Waals surface area contributed by atoms with Crippen molar-refractivity contribution in [2.45, 2.75) is 87.7 Å². The molecule has 0 amide bonds. The van der Waals surface area contributed by atoms with Crippen LogP contribution in [0, 0.1) is 27.7 Å². The molecule has 0 aromatic heterocycles. The summed E-state index contributed by atoms with van der Waals surface area (Å²) >= 11 is 0. The van der Waals surface area contributed by atoms with Crippen LogP contribution in [0.25, 0.3) is 0 Å². The lowest BCUT2D eigenvalue weighted by Crippen LogP contribution is -2.33. The highest BCUT2D eigenvalue weighted by atomic mass is 16.5. The zero-order valence-corrected chi connectivity index (χ0v) is 15.3. The molecule has 0 atom stereocenters. The molecule has 0 unspecified atom stereocenters. The third kappa shape index (κ3) is 3.77. The molecule has 1 aliphatic heterocycles. The van der Waals surface area contributed by atoms with E-state index in [1.54, 1.807) is 0 Å². The maximum absolute atomic E-state index is 6.17. The molecule has 0 radical (unpaired) electrons. The Kier molecular flexibility index (Phi) is 7.33. The lowest BCUT2D eigenvalue weighted by Gasteiger charge is -2.35. The maximum Gasteiger partial charge on any atom is 0.126 e. The standard InChI is InChI=1S/C15H22O.2C2H6/c1-9-10(2)12(4)14-13(11(9)3)7-8-15(5,6)16-14;2*1-2/h7-8H2,1-6H3;2*1-2H3. The van der Waals surface area contributed by atoms with Crippen molar-refractivity contribution < 1.29 is 4.74 Å². The Balaban J connectivity index is 0.000000829. The van der Waals surface area contributed by atoms with Gasteiger partial charge in [-0.15, -0.1) is 0 Å². The van der Waals surface area contributed by atoms with E-state index in [0.717, 1.165) is 18.6 Å². The van der Waals surface area contributed by atoms with E-state index in [-0.39, 0.29) is 5.60 Å². The molecule has 0 fully saturated rings. The molecule has 0 spiro atoms. The molecule has 1 heterocycles. The normalized spacial score (nSPS) is 14.9. The number of hydrogen-bond donors (Lipinski definition) is 0. The van der Waals surface area contributed by atoms with Crippen LogP contribution in [0.15, 0.2) is 0 Å². The molecule has 0 saturated carbocycles. The predicted molar refractivity (Wildman–Crippen MR) is 91.1 cm³/mol. The summed E-state index contributed by atoms with van der Waals surface area (Å²) in [6, 6.07) is 0. The van der Waals surface area contributed by atoms with Gasteiger partial charge in [0.25, 0.3) is 0 Å². The van der Waals surface area contributed by atoms with Crippen LogP contribution < -0.4 is 4.74 Å². The largest absolute Gasteiger partial charge is 0.487 e. The number of benzene rings is 1. The molecule has 20 heavy (non-hydrogen) atoms. The van der Waals surface area contributed by atoms with Crippen LogP contribution in [0.3, 0.4) is 0 Å². The summed E-state index contributed by atoms with van der Waals surface area (Å²) in [5, 5.41) is 0. The Labute approximate surface area is 126 Å². The third-order valence-electron chi connectivity index (χ3n) is 4.11. The summed E-state index contributed by atoms with van der Waals surface area (Å²) in [6.07, 6.45) is 2.26. The monoisotopic (exact) mass is 278 g/mol. The number of hydrogen-bond acceptors (Lipinski definition) is 1. The van der Waals surface area contributed by atoms with Gasteiger partial charge in [-0.05, 0) is 82.2 Å². The van der Waals surface area contributed by atoms with Crippen LogP contribution >= 0.6 is 0 Å². The molecule has 116 valence electrons. The van der Waals surface area contributed by atoms with Crippen molar-refractivity contribution in [2.24, 2.45) is 0 Å². The molecule has 0 saturated heterocycles. The van der Waals surface area contributed by atoms with E-state index in [1.165, 1.54) is 27.8 Å². The summed E-state index contributed by atoms with van der Waals surface area (Å²) in [5.74, 6) is 1.15. The fraction of sp³-hybridized carbons (Fsp3) is 0.684. The second-order valence-corrected chi connectivity index (χ2v) is 5.67. The van der Waals surface area contributed by atoms with E-state index in [9.17, 15) is 0 Å². The average molecular weight is 278 g/mol. The van der Waals surface area contributed by atoms with Gasteiger partial charge >= 0.3 is 0 Å². The van der Waals surface area contributed by atoms with Crippen molar-refractivity contribution in [1.82, 2.24) is 0 Å². The molecule has 0 aliphatic carbocycles. The summed E-state index contributed by atoms with van der Waals surface area (Å²) in [6.45, 7) is 21.2. The highest BCUT2D eigenvalue weighted by Crippen LogP contribution is 2.40. The Morgan fingerprint density at radius 3 is 1.70 bits per heavy atom. The molecule has 1 aliphatic rings. The van der Waals surface area contributed by atoms with Crippen molar-refractivity contribution >= 4 is 0 Å². The molecule has 0 bridgehead atoms. The van der Waals surface area contributed by atoms with Crippen LogP contribution in [-0.2, 0) is 6.42 Å². The maximum atomic E-state index is 6.17. The van der Waals surface area contributed by atoms with E-state index < -0.39 is 0 Å². The second-order valence-electron chi connectivity index (χ2n) is 5.67. The van der Waals surface area contributed by atoms with Gasteiger partial charge in [0, 0.05) is 0 Å². The molecule has 1 aromatic carbocycles. The van der Waals surface area contributed by atoms with Gasteiger partial charge in [0.05, 0.1) is 0 Å². The molecule has 2 rings (SSSR count). The third-order valence-corrected chi connectivity index (χ3v) is 4.11. The lowest BCUT2D eigenvalue weighted by molar-refractivity contribution is 0.0833. The highest BCUT2D eigenvalue weighted by molar-refractivity contribution is 5.55. The minimum absolute atomic E-state index is 0.00804. The van der Waals surface area contributed by atoms with Crippen LogP contribution in [0.1, 0.15) is 75.8 Å². The van der Waals surface area contributed by atoms with E-state index >= 15 is 0 Å². The van der Waals surface area contributed by atoms with Crippen molar-refractivity contribution in [1.29, 1.82) is 0 Å². The first kappa shape index (κ1) is 19.0. The van der Waals surface area contributed by atoms with E-state index in [1.807, 2.05) is 27.7 Å². The van der Waals surface area contributed by atoms with Gasteiger partial charge in [-0.25, -0.2) is 0 Å². The number of fused-ring (bicyclic) bond motifs is 1. The summed E-state index contributed by atoms with van der Waals surface area (Å²) < 4.78 is 6.17. The topological polar surface area (TPSA) is 9.23 Å². The van der Waals surface area contributed by atoms with Crippen molar-refractivity contribution in [2.75, 3.05) is 0 Å². The lowest BCUT2D eigenvalue weighted by atomic mass is 9.86. The highest BCUT2D eigenvalue weighted by Gasteiger charge is 2.29. The van der Waals surface area contributed by atoms with Gasteiger partial charge in [0.15, 0.2) is 0 Å². The van der Waals surface area contributed by atoms with E-state index in [0.29, 0.717) is 0 Å². The van der Waals surface area contributed by atoms with Crippen molar-refractivity contribution in [3.05, 3.63) is 27.8 Å². The van der Waals surface area contributed by atoms with Gasteiger partial charge in [-0.3, -0.25) is 0 Å². The van der Waals surface area contributed by atoms with Gasteiger partial charge in [0.1, 0.15) is 11.4 Å². The smallest absolute Gasteiger partial charge is 0.126 e. The van der Waals surface area contributed by atoms with Crippen molar-refractivity contribution in [3.63, 3.8) is 0 Å². The fourth-order valence-electron chi connectivity index (χ4n) is 2.55. The first-order valence-electron chi connectivity index (χ1n) is 8.12. The van der Waals surface area contributed by atoms with Gasteiger partial charge < -0.3 is 4.74 Å². The minimum atomic E-state index is -0.00804. The van der Waals surface area contributed by atoms with Crippen LogP contribution in [0.2, 0.25) is 0 Å². The minimum Gasteiger partial charge on any atom is -0.487 e. The molecular weight excluding hydrogens is 244 g/mol. The van der Waals surface area contributed by atoms with Gasteiger partial charge in [-0.2, -0.15) is 0 Å².